The number of hydrogen-bond donors (Lipinski definition) is 1. The SMILES string of the molecule is Cc1ccc(F)c(C(=O)N2CCC(CCN)CC2)c1. The fourth-order valence-electron chi connectivity index (χ4n) is 2.63. The van der Waals surface area contributed by atoms with Crippen molar-refractivity contribution in [2.75, 3.05) is 19.6 Å². The minimum atomic E-state index is -0.431. The highest BCUT2D eigenvalue weighted by molar-refractivity contribution is 5.94. The number of nitrogens with two attached hydrogens (primary N) is 1. The van der Waals surface area contributed by atoms with E-state index in [1.807, 2.05) is 6.92 Å². The van der Waals surface area contributed by atoms with Gasteiger partial charge in [-0.1, -0.05) is 11.6 Å². The summed E-state index contributed by atoms with van der Waals surface area (Å²) in [5.41, 5.74) is 6.65. The Morgan fingerprint density at radius 3 is 2.74 bits per heavy atom. The Morgan fingerprint density at radius 2 is 2.11 bits per heavy atom. The zero-order valence-electron chi connectivity index (χ0n) is 11.4. The van der Waals surface area contributed by atoms with Gasteiger partial charge in [-0.25, -0.2) is 4.39 Å². The standard InChI is InChI=1S/C15H21FN2O/c1-11-2-3-14(16)13(10-11)15(19)18-8-5-12(4-7-17)6-9-18/h2-3,10,12H,4-9,17H2,1H3. The molecule has 3 nitrogen and oxygen atoms in total. The quantitative estimate of drug-likeness (QED) is 0.910. The van der Waals surface area contributed by atoms with Gasteiger partial charge in [-0.2, -0.15) is 0 Å². The second-order valence-corrected chi connectivity index (χ2v) is 5.30. The van der Waals surface area contributed by atoms with Gasteiger partial charge in [0.25, 0.3) is 5.91 Å². The second kappa shape index (κ2) is 6.15. The van der Waals surface area contributed by atoms with Crippen molar-refractivity contribution in [2.45, 2.75) is 26.2 Å². The van der Waals surface area contributed by atoms with Crippen LogP contribution >= 0.6 is 0 Å². The molecule has 1 heterocycles. The zero-order valence-corrected chi connectivity index (χ0v) is 11.4. The lowest BCUT2D eigenvalue weighted by Gasteiger charge is -2.32. The molecule has 0 spiro atoms. The molecule has 4 heteroatoms. The third-order valence-electron chi connectivity index (χ3n) is 3.83. The third-order valence-corrected chi connectivity index (χ3v) is 3.83. The summed E-state index contributed by atoms with van der Waals surface area (Å²) in [6.45, 7) is 3.97. The Labute approximate surface area is 113 Å². The number of hydrogen-bond acceptors (Lipinski definition) is 2. The summed E-state index contributed by atoms with van der Waals surface area (Å²) in [5.74, 6) is -0.0107. The van der Waals surface area contributed by atoms with Gasteiger partial charge in [0.05, 0.1) is 5.56 Å². The molecule has 1 saturated heterocycles. The average Bonchev–Trinajstić information content (AvgIpc) is 2.42. The van der Waals surface area contributed by atoms with E-state index in [0.717, 1.165) is 24.8 Å². The predicted octanol–water partition coefficient (Wildman–Crippen LogP) is 2.34. The minimum Gasteiger partial charge on any atom is -0.339 e. The molecule has 0 unspecified atom stereocenters. The highest BCUT2D eigenvalue weighted by Gasteiger charge is 2.24. The van der Waals surface area contributed by atoms with Gasteiger partial charge < -0.3 is 10.6 Å². The van der Waals surface area contributed by atoms with Crippen molar-refractivity contribution in [3.8, 4) is 0 Å². The fraction of sp³-hybridized carbons (Fsp3) is 0.533. The van der Waals surface area contributed by atoms with Gasteiger partial charge in [-0.3, -0.25) is 4.79 Å². The zero-order chi connectivity index (χ0) is 13.8. The van der Waals surface area contributed by atoms with Gasteiger partial charge in [-0.15, -0.1) is 0 Å². The summed E-state index contributed by atoms with van der Waals surface area (Å²) >= 11 is 0. The highest BCUT2D eigenvalue weighted by Crippen LogP contribution is 2.22. The van der Waals surface area contributed by atoms with E-state index in [4.69, 9.17) is 5.73 Å². The molecule has 0 saturated carbocycles. The van der Waals surface area contributed by atoms with Crippen molar-refractivity contribution in [2.24, 2.45) is 11.7 Å². The Morgan fingerprint density at radius 1 is 1.42 bits per heavy atom. The lowest BCUT2D eigenvalue weighted by molar-refractivity contribution is 0.0683. The smallest absolute Gasteiger partial charge is 0.256 e. The molecule has 0 aromatic heterocycles. The van der Waals surface area contributed by atoms with Crippen LogP contribution in [0.15, 0.2) is 18.2 Å². The number of piperidine rings is 1. The number of likely N-dealkylation sites (tertiary alicyclic amines) is 1. The fourth-order valence-corrected chi connectivity index (χ4v) is 2.63. The maximum absolute atomic E-state index is 13.7. The average molecular weight is 264 g/mol. The molecule has 0 aliphatic carbocycles. The molecule has 1 aliphatic heterocycles. The summed E-state index contributed by atoms with van der Waals surface area (Å²) < 4.78 is 13.7. The van der Waals surface area contributed by atoms with E-state index >= 15 is 0 Å². The van der Waals surface area contributed by atoms with E-state index in [1.54, 1.807) is 17.0 Å². The van der Waals surface area contributed by atoms with Gasteiger partial charge in [-0.05, 0) is 50.8 Å². The molecule has 2 N–H and O–H groups in total. The highest BCUT2D eigenvalue weighted by atomic mass is 19.1. The first-order valence-corrected chi connectivity index (χ1v) is 6.87. The van der Waals surface area contributed by atoms with Crippen LogP contribution < -0.4 is 5.73 Å². The van der Waals surface area contributed by atoms with E-state index in [0.29, 0.717) is 25.6 Å². The molecule has 0 bridgehead atoms. The number of aryl methyl sites for hydroxylation is 1. The van der Waals surface area contributed by atoms with E-state index in [1.165, 1.54) is 6.07 Å². The minimum absolute atomic E-state index is 0.188. The Hall–Kier alpha value is -1.42. The number of carbonyl (C=O) groups excluding carboxylic acids is 1. The third kappa shape index (κ3) is 3.32. The lowest BCUT2D eigenvalue weighted by atomic mass is 9.93. The molecule has 0 radical (unpaired) electrons. The van der Waals surface area contributed by atoms with Crippen LogP contribution in [-0.2, 0) is 0 Å². The van der Waals surface area contributed by atoms with Crippen LogP contribution in [0.25, 0.3) is 0 Å². The molecule has 0 atom stereocenters. The van der Waals surface area contributed by atoms with Gasteiger partial charge in [0.2, 0.25) is 0 Å². The molecule has 104 valence electrons. The number of carbonyl (C=O) groups is 1. The normalized spacial score (nSPS) is 16.7. The summed E-state index contributed by atoms with van der Waals surface area (Å²) in [6.07, 6.45) is 2.95. The molecule has 1 aromatic rings. The largest absolute Gasteiger partial charge is 0.339 e. The molecular weight excluding hydrogens is 243 g/mol. The first kappa shape index (κ1) is 14.0. The van der Waals surface area contributed by atoms with Crippen molar-refractivity contribution < 1.29 is 9.18 Å². The lowest BCUT2D eigenvalue weighted by Crippen LogP contribution is -2.39. The number of halogens is 1. The topological polar surface area (TPSA) is 46.3 Å². The van der Waals surface area contributed by atoms with Crippen LogP contribution in [0, 0.1) is 18.7 Å². The van der Waals surface area contributed by atoms with Crippen LogP contribution in [-0.4, -0.2) is 30.4 Å². The summed E-state index contributed by atoms with van der Waals surface area (Å²) in [6, 6.07) is 4.67. The van der Waals surface area contributed by atoms with Gasteiger partial charge in [0.15, 0.2) is 0 Å². The molecular formula is C15H21FN2O. The number of benzene rings is 1. The van der Waals surface area contributed by atoms with Crippen molar-refractivity contribution in [3.05, 3.63) is 35.1 Å². The van der Waals surface area contributed by atoms with Crippen LogP contribution in [0.5, 0.6) is 0 Å². The maximum Gasteiger partial charge on any atom is 0.256 e. The van der Waals surface area contributed by atoms with Crippen LogP contribution in [0.2, 0.25) is 0 Å². The van der Waals surface area contributed by atoms with Gasteiger partial charge in [0, 0.05) is 13.1 Å². The van der Waals surface area contributed by atoms with E-state index in [9.17, 15) is 9.18 Å². The van der Waals surface area contributed by atoms with E-state index < -0.39 is 5.82 Å². The number of amides is 1. The summed E-state index contributed by atoms with van der Waals surface area (Å²) in [5, 5.41) is 0. The first-order valence-electron chi connectivity index (χ1n) is 6.87. The summed E-state index contributed by atoms with van der Waals surface area (Å²) in [7, 11) is 0. The van der Waals surface area contributed by atoms with Crippen molar-refractivity contribution in [3.63, 3.8) is 0 Å². The number of nitrogens with zero attached hydrogens (tertiary/aromatic N) is 1. The first-order chi connectivity index (χ1) is 9.11. The number of rotatable bonds is 3. The van der Waals surface area contributed by atoms with E-state index in [2.05, 4.69) is 0 Å². The van der Waals surface area contributed by atoms with Crippen LogP contribution in [0.3, 0.4) is 0 Å². The monoisotopic (exact) mass is 264 g/mol. The predicted molar refractivity (Wildman–Crippen MR) is 73.4 cm³/mol. The van der Waals surface area contributed by atoms with Crippen molar-refractivity contribution >= 4 is 5.91 Å². The van der Waals surface area contributed by atoms with Crippen LogP contribution in [0.1, 0.15) is 35.2 Å². The van der Waals surface area contributed by atoms with Gasteiger partial charge >= 0.3 is 0 Å². The van der Waals surface area contributed by atoms with Crippen LogP contribution in [0.4, 0.5) is 4.39 Å². The molecule has 2 rings (SSSR count). The summed E-state index contributed by atoms with van der Waals surface area (Å²) in [4.78, 5) is 14.1. The molecule has 1 aromatic carbocycles. The molecule has 1 fully saturated rings. The Kier molecular flexibility index (Phi) is 4.53. The molecule has 19 heavy (non-hydrogen) atoms. The van der Waals surface area contributed by atoms with Crippen molar-refractivity contribution in [1.29, 1.82) is 0 Å². The Balaban J connectivity index is 2.03. The van der Waals surface area contributed by atoms with Gasteiger partial charge in [0.1, 0.15) is 5.82 Å². The molecule has 1 aliphatic rings. The van der Waals surface area contributed by atoms with Crippen molar-refractivity contribution in [1.82, 2.24) is 4.90 Å². The maximum atomic E-state index is 13.7. The van der Waals surface area contributed by atoms with E-state index in [-0.39, 0.29) is 11.5 Å². The molecule has 1 amide bonds. The second-order valence-electron chi connectivity index (χ2n) is 5.30. The Bertz CT molecular complexity index is 453.